The van der Waals surface area contributed by atoms with E-state index in [0.29, 0.717) is 19.6 Å². The largest absolute Gasteiger partial charge is 0.480 e. The number of ether oxygens (including phenoxy) is 1. The second kappa shape index (κ2) is 4.76. The Hall–Kier alpha value is -0.910. The first-order chi connectivity index (χ1) is 8.03. The molecule has 1 heterocycles. The summed E-state index contributed by atoms with van der Waals surface area (Å²) < 4.78 is 6.23. The normalized spacial score (nSPS) is 19.4. The van der Waals surface area contributed by atoms with Gasteiger partial charge in [0.15, 0.2) is 0 Å². The van der Waals surface area contributed by atoms with Crippen molar-refractivity contribution >= 4 is 21.9 Å². The molecule has 92 valence electrons. The lowest BCUT2D eigenvalue weighted by molar-refractivity contribution is -0.141. The Labute approximate surface area is 108 Å². The molecular weight excluding hydrogens is 286 g/mol. The van der Waals surface area contributed by atoms with E-state index in [-0.39, 0.29) is 5.41 Å². The Morgan fingerprint density at radius 3 is 2.76 bits per heavy atom. The molecule has 0 radical (unpaired) electrons. The zero-order valence-corrected chi connectivity index (χ0v) is 10.8. The van der Waals surface area contributed by atoms with Crippen molar-refractivity contribution in [2.45, 2.75) is 17.9 Å². The van der Waals surface area contributed by atoms with Gasteiger partial charge < -0.3 is 15.6 Å². The molecule has 1 aromatic carbocycles. The molecule has 4 nitrogen and oxygen atoms in total. The summed E-state index contributed by atoms with van der Waals surface area (Å²) in [6, 6.07) is 7.01. The molecule has 0 amide bonds. The number of halogens is 1. The summed E-state index contributed by atoms with van der Waals surface area (Å²) in [4.78, 5) is 10.8. The topological polar surface area (TPSA) is 72.5 Å². The van der Waals surface area contributed by atoms with Crippen LogP contribution in [0.2, 0.25) is 0 Å². The highest BCUT2D eigenvalue weighted by Crippen LogP contribution is 2.37. The van der Waals surface area contributed by atoms with E-state index in [4.69, 9.17) is 15.6 Å². The van der Waals surface area contributed by atoms with E-state index in [1.165, 1.54) is 0 Å². The van der Waals surface area contributed by atoms with E-state index in [0.717, 1.165) is 10.0 Å². The number of nitrogens with two attached hydrogens (primary N) is 1. The first-order valence-electron chi connectivity index (χ1n) is 5.36. The Balaban J connectivity index is 2.22. The lowest BCUT2D eigenvalue weighted by Gasteiger charge is -2.43. The van der Waals surface area contributed by atoms with Gasteiger partial charge in [-0.2, -0.15) is 0 Å². The highest BCUT2D eigenvalue weighted by Gasteiger charge is 2.42. The van der Waals surface area contributed by atoms with Gasteiger partial charge >= 0.3 is 5.97 Å². The number of carboxylic acids is 1. The molecule has 0 bridgehead atoms. The number of carbonyl (C=O) groups is 1. The van der Waals surface area contributed by atoms with E-state index in [1.54, 1.807) is 0 Å². The smallest absolute Gasteiger partial charge is 0.320 e. The predicted octanol–water partition coefficient (Wildman–Crippen LogP) is 1.52. The van der Waals surface area contributed by atoms with Gasteiger partial charge in [-0.1, -0.05) is 28.1 Å². The third-order valence-corrected chi connectivity index (χ3v) is 3.61. The van der Waals surface area contributed by atoms with Crippen LogP contribution in [0.3, 0.4) is 0 Å². The summed E-state index contributed by atoms with van der Waals surface area (Å²) in [5, 5.41) is 8.89. The van der Waals surface area contributed by atoms with Crippen molar-refractivity contribution in [3.8, 4) is 0 Å². The van der Waals surface area contributed by atoms with E-state index in [1.807, 2.05) is 24.3 Å². The van der Waals surface area contributed by atoms with Gasteiger partial charge in [0.05, 0.1) is 13.2 Å². The first kappa shape index (κ1) is 12.5. The van der Waals surface area contributed by atoms with E-state index < -0.39 is 12.0 Å². The van der Waals surface area contributed by atoms with Gasteiger partial charge in [-0.05, 0) is 24.1 Å². The molecule has 1 unspecified atom stereocenters. The van der Waals surface area contributed by atoms with Gasteiger partial charge in [0.2, 0.25) is 0 Å². The van der Waals surface area contributed by atoms with Crippen molar-refractivity contribution in [1.29, 1.82) is 0 Å². The van der Waals surface area contributed by atoms with Crippen LogP contribution in [-0.4, -0.2) is 30.3 Å². The van der Waals surface area contributed by atoms with Crippen molar-refractivity contribution < 1.29 is 14.6 Å². The number of hydrogen-bond donors (Lipinski definition) is 2. The standard InChI is InChI=1S/C12H14BrNO3/c13-9-3-1-2-8(4-9)12(6-17-7-12)5-10(14)11(15)16/h1-4,10H,5-7,14H2,(H,15,16). The van der Waals surface area contributed by atoms with E-state index in [9.17, 15) is 4.79 Å². The Morgan fingerprint density at radius 1 is 1.59 bits per heavy atom. The van der Waals surface area contributed by atoms with Crippen LogP contribution in [0.4, 0.5) is 0 Å². The van der Waals surface area contributed by atoms with Crippen LogP contribution in [0, 0.1) is 0 Å². The maximum Gasteiger partial charge on any atom is 0.320 e. The first-order valence-corrected chi connectivity index (χ1v) is 6.15. The van der Waals surface area contributed by atoms with Crippen LogP contribution in [0.5, 0.6) is 0 Å². The molecule has 1 aliphatic heterocycles. The number of hydrogen-bond acceptors (Lipinski definition) is 3. The zero-order chi connectivity index (χ0) is 12.5. The molecule has 1 saturated heterocycles. The molecule has 1 fully saturated rings. The minimum Gasteiger partial charge on any atom is -0.480 e. The van der Waals surface area contributed by atoms with Gasteiger partial charge in [0.1, 0.15) is 6.04 Å². The molecule has 2 rings (SSSR count). The van der Waals surface area contributed by atoms with Crippen LogP contribution in [0.15, 0.2) is 28.7 Å². The fourth-order valence-electron chi connectivity index (χ4n) is 2.08. The number of rotatable bonds is 4. The maximum atomic E-state index is 10.8. The average molecular weight is 300 g/mol. The minimum atomic E-state index is -0.966. The van der Waals surface area contributed by atoms with Crippen molar-refractivity contribution in [2.24, 2.45) is 5.73 Å². The van der Waals surface area contributed by atoms with Crippen LogP contribution in [-0.2, 0) is 14.9 Å². The summed E-state index contributed by atoms with van der Waals surface area (Å²) in [5.74, 6) is -0.966. The second-order valence-corrected chi connectivity index (χ2v) is 5.35. The van der Waals surface area contributed by atoms with Gasteiger partial charge in [-0.25, -0.2) is 0 Å². The fraction of sp³-hybridized carbons (Fsp3) is 0.417. The summed E-state index contributed by atoms with van der Waals surface area (Å²) in [6.07, 6.45) is 0.402. The van der Waals surface area contributed by atoms with Crippen molar-refractivity contribution in [3.63, 3.8) is 0 Å². The molecular formula is C12H14BrNO3. The minimum absolute atomic E-state index is 0.248. The van der Waals surface area contributed by atoms with Crippen LogP contribution >= 0.6 is 15.9 Å². The summed E-state index contributed by atoms with van der Waals surface area (Å²) in [6.45, 7) is 1.06. The predicted molar refractivity (Wildman–Crippen MR) is 66.9 cm³/mol. The molecule has 17 heavy (non-hydrogen) atoms. The highest BCUT2D eigenvalue weighted by molar-refractivity contribution is 9.10. The molecule has 0 aromatic heterocycles. The third-order valence-electron chi connectivity index (χ3n) is 3.12. The van der Waals surface area contributed by atoms with Gasteiger partial charge in [0.25, 0.3) is 0 Å². The SMILES string of the molecule is NC(CC1(c2cccc(Br)c2)COC1)C(=O)O. The van der Waals surface area contributed by atoms with Gasteiger partial charge in [0, 0.05) is 9.89 Å². The lowest BCUT2D eigenvalue weighted by atomic mass is 9.74. The van der Waals surface area contributed by atoms with Crippen molar-refractivity contribution in [1.82, 2.24) is 0 Å². The van der Waals surface area contributed by atoms with E-state index >= 15 is 0 Å². The molecule has 1 atom stereocenters. The monoisotopic (exact) mass is 299 g/mol. The number of aliphatic carboxylic acids is 1. The maximum absolute atomic E-state index is 10.8. The molecule has 5 heteroatoms. The summed E-state index contributed by atoms with van der Waals surface area (Å²) in [7, 11) is 0. The molecule has 3 N–H and O–H groups in total. The Bertz CT molecular complexity index is 432. The molecule has 0 spiro atoms. The Kier molecular flexibility index (Phi) is 3.51. The highest BCUT2D eigenvalue weighted by atomic mass is 79.9. The average Bonchev–Trinajstić information content (AvgIpc) is 2.22. The Morgan fingerprint density at radius 2 is 2.29 bits per heavy atom. The van der Waals surface area contributed by atoms with Crippen molar-refractivity contribution in [2.75, 3.05) is 13.2 Å². The third kappa shape index (κ3) is 2.51. The quantitative estimate of drug-likeness (QED) is 0.884. The number of carboxylic acid groups (broad SMARTS) is 1. The van der Waals surface area contributed by atoms with Crippen LogP contribution in [0.1, 0.15) is 12.0 Å². The molecule has 0 aliphatic carbocycles. The van der Waals surface area contributed by atoms with Crippen LogP contribution < -0.4 is 5.73 Å². The molecule has 1 aliphatic rings. The molecule has 0 saturated carbocycles. The van der Waals surface area contributed by atoms with Gasteiger partial charge in [-0.3, -0.25) is 4.79 Å². The fourth-order valence-corrected chi connectivity index (χ4v) is 2.48. The van der Waals surface area contributed by atoms with E-state index in [2.05, 4.69) is 15.9 Å². The lowest BCUT2D eigenvalue weighted by Crippen LogP contribution is -2.51. The molecule has 1 aromatic rings. The number of benzene rings is 1. The van der Waals surface area contributed by atoms with Gasteiger partial charge in [-0.15, -0.1) is 0 Å². The summed E-state index contributed by atoms with van der Waals surface area (Å²) >= 11 is 3.41. The zero-order valence-electron chi connectivity index (χ0n) is 9.23. The van der Waals surface area contributed by atoms with Crippen LogP contribution in [0.25, 0.3) is 0 Å². The van der Waals surface area contributed by atoms with Crippen molar-refractivity contribution in [3.05, 3.63) is 34.3 Å². The summed E-state index contributed by atoms with van der Waals surface area (Å²) in [5.41, 5.74) is 6.45. The second-order valence-electron chi connectivity index (χ2n) is 4.43.